The molecule has 34 heavy (non-hydrogen) atoms. The number of carbonyl (C=O) groups excluding carboxylic acids is 1. The number of sulfone groups is 1. The number of aliphatic hydroxyl groups excluding tert-OH is 1. The van der Waals surface area contributed by atoms with E-state index >= 15 is 0 Å². The van der Waals surface area contributed by atoms with Gasteiger partial charge in [-0.25, -0.2) is 8.42 Å². The van der Waals surface area contributed by atoms with Crippen LogP contribution >= 0.6 is 24.0 Å². The van der Waals surface area contributed by atoms with E-state index in [1.807, 2.05) is 0 Å². The van der Waals surface area contributed by atoms with Crippen molar-refractivity contribution in [1.82, 2.24) is 5.32 Å². The Morgan fingerprint density at radius 1 is 1.09 bits per heavy atom. The van der Waals surface area contributed by atoms with Gasteiger partial charge >= 0.3 is 0 Å². The molecule has 5 N–H and O–H groups in total. The fourth-order valence-corrected chi connectivity index (χ4v) is 4.93. The monoisotopic (exact) mass is 524 g/mol. The minimum absolute atomic E-state index is 0. The van der Waals surface area contributed by atoms with E-state index in [-0.39, 0.29) is 39.1 Å². The summed E-state index contributed by atoms with van der Waals surface area (Å²) in [5, 5.41) is 23.9. The van der Waals surface area contributed by atoms with Crippen molar-refractivity contribution in [3.8, 4) is 5.75 Å². The fourth-order valence-electron chi connectivity index (χ4n) is 3.36. The number of phenols is 1. The first kappa shape index (κ1) is 27.6. The van der Waals surface area contributed by atoms with Crippen LogP contribution in [-0.4, -0.2) is 37.6 Å². The van der Waals surface area contributed by atoms with Crippen LogP contribution in [0.2, 0.25) is 5.02 Å². The van der Waals surface area contributed by atoms with Crippen LogP contribution in [-0.2, 0) is 16.3 Å². The Labute approximate surface area is 209 Å². The number of primary amides is 1. The normalized spacial score (nSPS) is 12.1. The standard InChI is InChI=1S/C24H25ClN2O5S.ClH/c1-15-11-20(13-21(23(15)29)24(26)30)33(31,32)19-7-5-16(6-8-19)9-10-27-14-22(28)17-3-2-4-18(25)12-17;/h2-8,11-13,22,27-29H,9-10,14H2,1H3,(H2,26,30);1H/t22-;/m0./s1. The van der Waals surface area contributed by atoms with Gasteiger partial charge in [0.1, 0.15) is 5.75 Å². The second kappa shape index (κ2) is 11.7. The van der Waals surface area contributed by atoms with E-state index < -0.39 is 21.8 Å². The van der Waals surface area contributed by atoms with E-state index in [0.29, 0.717) is 24.5 Å². The molecule has 7 nitrogen and oxygen atoms in total. The second-order valence-corrected chi connectivity index (χ2v) is 10.1. The maximum absolute atomic E-state index is 13.0. The van der Waals surface area contributed by atoms with Crippen LogP contribution in [0.4, 0.5) is 0 Å². The molecule has 0 bridgehead atoms. The fraction of sp³-hybridized carbons (Fsp3) is 0.208. The first-order valence-electron chi connectivity index (χ1n) is 10.2. The Hall–Kier alpha value is -2.62. The Morgan fingerprint density at radius 2 is 1.76 bits per heavy atom. The van der Waals surface area contributed by atoms with E-state index in [1.165, 1.54) is 25.1 Å². The van der Waals surface area contributed by atoms with Crippen molar-refractivity contribution in [2.45, 2.75) is 29.2 Å². The van der Waals surface area contributed by atoms with Crippen molar-refractivity contribution >= 4 is 39.8 Å². The highest BCUT2D eigenvalue weighted by molar-refractivity contribution is 7.91. The van der Waals surface area contributed by atoms with Gasteiger partial charge in [0.05, 0.1) is 21.5 Å². The highest BCUT2D eigenvalue weighted by atomic mass is 35.5. The highest BCUT2D eigenvalue weighted by Crippen LogP contribution is 2.29. The Bertz CT molecular complexity index is 1260. The number of nitrogens with two attached hydrogens (primary N) is 1. The van der Waals surface area contributed by atoms with Gasteiger partial charge in [0.15, 0.2) is 0 Å². The summed E-state index contributed by atoms with van der Waals surface area (Å²) in [6, 6.07) is 15.9. The van der Waals surface area contributed by atoms with Gasteiger partial charge in [-0.2, -0.15) is 0 Å². The number of carbonyl (C=O) groups is 1. The summed E-state index contributed by atoms with van der Waals surface area (Å²) in [5.74, 6) is -1.24. The quantitative estimate of drug-likeness (QED) is 0.316. The Morgan fingerprint density at radius 3 is 2.38 bits per heavy atom. The van der Waals surface area contributed by atoms with Gasteiger partial charge in [0, 0.05) is 11.6 Å². The zero-order valence-corrected chi connectivity index (χ0v) is 20.8. The molecule has 0 unspecified atom stereocenters. The molecule has 1 atom stereocenters. The SMILES string of the molecule is Cc1cc(S(=O)(=O)c2ccc(CCNC[C@H](O)c3cccc(Cl)c3)cc2)cc(C(N)=O)c1O.Cl. The van der Waals surface area contributed by atoms with Gasteiger partial charge in [-0.05, 0) is 73.0 Å². The lowest BCUT2D eigenvalue weighted by Gasteiger charge is -2.13. The summed E-state index contributed by atoms with van der Waals surface area (Å²) < 4.78 is 26.0. The molecule has 0 aliphatic carbocycles. The maximum atomic E-state index is 13.0. The molecule has 0 saturated heterocycles. The summed E-state index contributed by atoms with van der Waals surface area (Å²) in [6.45, 7) is 2.44. The van der Waals surface area contributed by atoms with Gasteiger partial charge in [-0.15, -0.1) is 12.4 Å². The van der Waals surface area contributed by atoms with E-state index in [1.54, 1.807) is 36.4 Å². The summed E-state index contributed by atoms with van der Waals surface area (Å²) >= 11 is 5.94. The van der Waals surface area contributed by atoms with Gasteiger partial charge in [-0.3, -0.25) is 4.79 Å². The molecule has 0 heterocycles. The number of halogens is 2. The molecular weight excluding hydrogens is 499 g/mol. The lowest BCUT2D eigenvalue weighted by atomic mass is 10.1. The zero-order valence-electron chi connectivity index (χ0n) is 18.4. The minimum atomic E-state index is -3.90. The number of aliphatic hydroxyl groups is 1. The summed E-state index contributed by atoms with van der Waals surface area (Å²) in [7, 11) is -3.90. The highest BCUT2D eigenvalue weighted by Gasteiger charge is 2.22. The summed E-state index contributed by atoms with van der Waals surface area (Å²) in [4.78, 5) is 11.5. The molecule has 0 saturated carbocycles. The van der Waals surface area contributed by atoms with Crippen LogP contribution in [0.25, 0.3) is 0 Å². The largest absolute Gasteiger partial charge is 0.507 e. The van der Waals surface area contributed by atoms with E-state index in [0.717, 1.165) is 17.2 Å². The first-order chi connectivity index (χ1) is 15.6. The second-order valence-electron chi connectivity index (χ2n) is 7.67. The molecule has 0 spiro atoms. The van der Waals surface area contributed by atoms with Gasteiger partial charge in [-0.1, -0.05) is 35.9 Å². The third-order valence-electron chi connectivity index (χ3n) is 5.25. The van der Waals surface area contributed by atoms with Crippen LogP contribution in [0.3, 0.4) is 0 Å². The number of hydrogen-bond donors (Lipinski definition) is 4. The summed E-state index contributed by atoms with van der Waals surface area (Å²) in [6.07, 6.45) is -0.0532. The number of hydrogen-bond acceptors (Lipinski definition) is 6. The van der Waals surface area contributed by atoms with E-state index in [2.05, 4.69) is 5.32 Å². The van der Waals surface area contributed by atoms with Crippen molar-refractivity contribution in [1.29, 1.82) is 0 Å². The number of rotatable bonds is 9. The van der Waals surface area contributed by atoms with E-state index in [4.69, 9.17) is 17.3 Å². The third kappa shape index (κ3) is 6.49. The number of aromatic hydroxyl groups is 1. The lowest BCUT2D eigenvalue weighted by Crippen LogP contribution is -2.23. The van der Waals surface area contributed by atoms with Crippen molar-refractivity contribution in [3.63, 3.8) is 0 Å². The minimum Gasteiger partial charge on any atom is -0.507 e. The van der Waals surface area contributed by atoms with Gasteiger partial charge < -0.3 is 21.3 Å². The van der Waals surface area contributed by atoms with Crippen molar-refractivity contribution in [3.05, 3.63) is 87.9 Å². The molecule has 3 aromatic carbocycles. The van der Waals surface area contributed by atoms with Crippen LogP contribution in [0.15, 0.2) is 70.5 Å². The molecule has 3 aromatic rings. The maximum Gasteiger partial charge on any atom is 0.252 e. The summed E-state index contributed by atoms with van der Waals surface area (Å²) in [5.41, 5.74) is 6.90. The zero-order chi connectivity index (χ0) is 24.2. The average Bonchev–Trinajstić information content (AvgIpc) is 2.78. The molecular formula is C24H26Cl2N2O5S. The number of benzene rings is 3. The van der Waals surface area contributed by atoms with Crippen LogP contribution in [0.1, 0.15) is 33.2 Å². The smallest absolute Gasteiger partial charge is 0.252 e. The van der Waals surface area contributed by atoms with Gasteiger partial charge in [0.2, 0.25) is 9.84 Å². The first-order valence-corrected chi connectivity index (χ1v) is 12.1. The Kier molecular flexibility index (Phi) is 9.49. The van der Waals surface area contributed by atoms with Crippen LogP contribution in [0, 0.1) is 6.92 Å². The van der Waals surface area contributed by atoms with Crippen molar-refractivity contribution in [2.24, 2.45) is 5.73 Å². The molecule has 1 amide bonds. The van der Waals surface area contributed by atoms with Crippen LogP contribution in [0.5, 0.6) is 5.75 Å². The molecule has 0 radical (unpaired) electrons. The number of nitrogens with one attached hydrogen (secondary N) is 1. The average molecular weight is 525 g/mol. The third-order valence-corrected chi connectivity index (χ3v) is 7.23. The molecule has 3 rings (SSSR count). The molecule has 0 aromatic heterocycles. The van der Waals surface area contributed by atoms with Crippen LogP contribution < -0.4 is 11.1 Å². The molecule has 182 valence electrons. The lowest BCUT2D eigenvalue weighted by molar-refractivity contribution is 0.0997. The van der Waals surface area contributed by atoms with E-state index in [9.17, 15) is 23.4 Å². The molecule has 0 fully saturated rings. The molecule has 0 aliphatic rings. The van der Waals surface area contributed by atoms with Gasteiger partial charge in [0.25, 0.3) is 5.91 Å². The van der Waals surface area contributed by atoms with Crippen molar-refractivity contribution in [2.75, 3.05) is 13.1 Å². The topological polar surface area (TPSA) is 130 Å². The predicted molar refractivity (Wildman–Crippen MR) is 133 cm³/mol. The number of aryl methyl sites for hydroxylation is 1. The molecule has 10 heteroatoms. The molecule has 0 aliphatic heterocycles. The van der Waals surface area contributed by atoms with Crippen molar-refractivity contribution < 1.29 is 23.4 Å². The predicted octanol–water partition coefficient (Wildman–Crippen LogP) is 3.57. The Balaban J connectivity index is 0.00000408. The number of amides is 1.